The van der Waals surface area contributed by atoms with Crippen molar-refractivity contribution in [1.82, 2.24) is 20.4 Å². The van der Waals surface area contributed by atoms with Gasteiger partial charge in [-0.15, -0.1) is 0 Å². The summed E-state index contributed by atoms with van der Waals surface area (Å²) in [5.41, 5.74) is 2.38. The zero-order valence-corrected chi connectivity index (χ0v) is 12.2. The van der Waals surface area contributed by atoms with Gasteiger partial charge in [-0.3, -0.25) is 10.00 Å². The molecule has 2 N–H and O–H groups in total. The number of benzene rings is 1. The number of nitrogens with one attached hydrogen (secondary N) is 2. The Morgan fingerprint density at radius 1 is 1.38 bits per heavy atom. The molecular weight excluding hydrogens is 264 g/mol. The number of aromatic nitrogens is 2. The Bertz CT molecular complexity index is 607. The van der Waals surface area contributed by atoms with Crippen LogP contribution in [-0.2, 0) is 11.3 Å². The van der Waals surface area contributed by atoms with Gasteiger partial charge in [-0.25, -0.2) is 0 Å². The van der Waals surface area contributed by atoms with Crippen molar-refractivity contribution in [2.45, 2.75) is 31.5 Å². The van der Waals surface area contributed by atoms with E-state index in [1.807, 2.05) is 6.20 Å². The molecule has 0 bridgehead atoms. The fraction of sp³-hybridized carbons (Fsp3) is 0.562. The molecular formula is C16H22N4O. The molecule has 4 rings (SSSR count). The number of H-pyrrole nitrogens is 1. The molecule has 1 unspecified atom stereocenters. The van der Waals surface area contributed by atoms with Crippen molar-refractivity contribution in [3.63, 3.8) is 0 Å². The maximum Gasteiger partial charge on any atom is 0.0826 e. The minimum absolute atomic E-state index is 0.329. The number of hydrogen-bond donors (Lipinski definition) is 2. The quantitative estimate of drug-likeness (QED) is 0.875. The van der Waals surface area contributed by atoms with Gasteiger partial charge in [0.15, 0.2) is 0 Å². The van der Waals surface area contributed by atoms with Crippen LogP contribution >= 0.6 is 0 Å². The number of morpholine rings is 1. The average molecular weight is 286 g/mol. The Morgan fingerprint density at radius 2 is 2.33 bits per heavy atom. The minimum Gasteiger partial charge on any atom is -0.374 e. The van der Waals surface area contributed by atoms with E-state index in [0.717, 1.165) is 49.7 Å². The van der Waals surface area contributed by atoms with E-state index in [1.165, 1.54) is 18.4 Å². The molecule has 1 aliphatic carbocycles. The first-order valence-corrected chi connectivity index (χ1v) is 7.87. The maximum absolute atomic E-state index is 5.86. The molecule has 0 radical (unpaired) electrons. The third-order valence-electron chi connectivity index (χ3n) is 4.44. The molecule has 5 heteroatoms. The molecule has 5 nitrogen and oxygen atoms in total. The number of ether oxygens (including phenoxy) is 1. The molecule has 0 spiro atoms. The average Bonchev–Trinajstić information content (AvgIpc) is 3.26. The second-order valence-electron chi connectivity index (χ2n) is 6.14. The highest BCUT2D eigenvalue weighted by Crippen LogP contribution is 2.28. The van der Waals surface area contributed by atoms with Crippen LogP contribution in [0.4, 0.5) is 0 Å². The Hall–Kier alpha value is -1.43. The van der Waals surface area contributed by atoms with Gasteiger partial charge < -0.3 is 10.1 Å². The molecule has 2 fully saturated rings. The van der Waals surface area contributed by atoms with Gasteiger partial charge in [-0.1, -0.05) is 12.1 Å². The third-order valence-corrected chi connectivity index (χ3v) is 4.44. The summed E-state index contributed by atoms with van der Waals surface area (Å²) < 4.78 is 5.86. The van der Waals surface area contributed by atoms with Gasteiger partial charge in [0, 0.05) is 37.6 Å². The van der Waals surface area contributed by atoms with E-state index in [1.54, 1.807) is 0 Å². The zero-order valence-electron chi connectivity index (χ0n) is 12.2. The molecule has 2 aromatic rings. The van der Waals surface area contributed by atoms with E-state index in [9.17, 15) is 0 Å². The lowest BCUT2D eigenvalue weighted by Gasteiger charge is -2.33. The van der Waals surface area contributed by atoms with Crippen LogP contribution < -0.4 is 5.32 Å². The fourth-order valence-electron chi connectivity index (χ4n) is 3.11. The smallest absolute Gasteiger partial charge is 0.0826 e. The molecule has 1 aromatic carbocycles. The van der Waals surface area contributed by atoms with E-state index in [0.29, 0.717) is 6.10 Å². The summed E-state index contributed by atoms with van der Waals surface area (Å²) in [7, 11) is 0. The second-order valence-corrected chi connectivity index (χ2v) is 6.14. The van der Waals surface area contributed by atoms with Crippen molar-refractivity contribution in [1.29, 1.82) is 0 Å². The van der Waals surface area contributed by atoms with Gasteiger partial charge in [-0.05, 0) is 24.5 Å². The number of aromatic amines is 1. The van der Waals surface area contributed by atoms with Crippen molar-refractivity contribution in [3.05, 3.63) is 30.0 Å². The summed E-state index contributed by atoms with van der Waals surface area (Å²) in [6, 6.07) is 7.28. The molecule has 1 aliphatic heterocycles. The second kappa shape index (κ2) is 5.75. The van der Waals surface area contributed by atoms with Gasteiger partial charge in [0.1, 0.15) is 0 Å². The standard InChI is InChI=1S/C16H22N4O/c1-2-13-9-18-19-16(13)7-12(1)8-17-10-15-11-20(5-6-21-15)14-3-4-14/h1-2,7,9,14-15,17H,3-6,8,10-11H2,(H,18,19). The molecule has 1 saturated heterocycles. The van der Waals surface area contributed by atoms with Crippen molar-refractivity contribution in [2.75, 3.05) is 26.2 Å². The van der Waals surface area contributed by atoms with Crippen LogP contribution in [0.25, 0.3) is 10.9 Å². The number of fused-ring (bicyclic) bond motifs is 1. The lowest BCUT2D eigenvalue weighted by molar-refractivity contribution is -0.0301. The van der Waals surface area contributed by atoms with Crippen LogP contribution in [0, 0.1) is 0 Å². The maximum atomic E-state index is 5.86. The summed E-state index contributed by atoms with van der Waals surface area (Å²) in [6.45, 7) is 4.86. The third kappa shape index (κ3) is 3.10. The topological polar surface area (TPSA) is 53.2 Å². The van der Waals surface area contributed by atoms with E-state index >= 15 is 0 Å². The van der Waals surface area contributed by atoms with Gasteiger partial charge >= 0.3 is 0 Å². The van der Waals surface area contributed by atoms with Gasteiger partial charge in [0.05, 0.1) is 24.4 Å². The predicted octanol–water partition coefficient (Wildman–Crippen LogP) is 1.52. The molecule has 2 aliphatic rings. The molecule has 1 saturated carbocycles. The zero-order chi connectivity index (χ0) is 14.1. The Morgan fingerprint density at radius 3 is 3.24 bits per heavy atom. The van der Waals surface area contributed by atoms with Crippen molar-refractivity contribution in [2.24, 2.45) is 0 Å². The summed E-state index contributed by atoms with van der Waals surface area (Å²) in [4.78, 5) is 2.59. The van der Waals surface area contributed by atoms with Crippen LogP contribution in [0.15, 0.2) is 24.4 Å². The molecule has 1 atom stereocenters. The van der Waals surface area contributed by atoms with E-state index < -0.39 is 0 Å². The fourth-order valence-corrected chi connectivity index (χ4v) is 3.11. The van der Waals surface area contributed by atoms with Crippen LogP contribution in [0.3, 0.4) is 0 Å². The van der Waals surface area contributed by atoms with Gasteiger partial charge in [0.2, 0.25) is 0 Å². The van der Waals surface area contributed by atoms with Crippen LogP contribution in [0.5, 0.6) is 0 Å². The van der Waals surface area contributed by atoms with E-state index in [4.69, 9.17) is 4.74 Å². The molecule has 2 heterocycles. The van der Waals surface area contributed by atoms with Crippen molar-refractivity contribution in [3.8, 4) is 0 Å². The Balaban J connectivity index is 1.28. The van der Waals surface area contributed by atoms with Crippen LogP contribution in [-0.4, -0.2) is 53.5 Å². The molecule has 21 heavy (non-hydrogen) atoms. The van der Waals surface area contributed by atoms with Crippen LogP contribution in [0.1, 0.15) is 18.4 Å². The lowest BCUT2D eigenvalue weighted by Crippen LogP contribution is -2.47. The summed E-state index contributed by atoms with van der Waals surface area (Å²) in [6.07, 6.45) is 4.94. The summed E-state index contributed by atoms with van der Waals surface area (Å²) in [5.74, 6) is 0. The van der Waals surface area contributed by atoms with Crippen molar-refractivity contribution >= 4 is 10.9 Å². The molecule has 112 valence electrons. The lowest BCUT2D eigenvalue weighted by atomic mass is 10.1. The Kier molecular flexibility index (Phi) is 3.63. The number of hydrogen-bond acceptors (Lipinski definition) is 4. The predicted molar refractivity (Wildman–Crippen MR) is 82.1 cm³/mol. The first-order valence-electron chi connectivity index (χ1n) is 7.87. The highest BCUT2D eigenvalue weighted by atomic mass is 16.5. The normalized spacial score (nSPS) is 23.7. The highest BCUT2D eigenvalue weighted by Gasteiger charge is 2.32. The first kappa shape index (κ1) is 13.2. The Labute approximate surface area is 124 Å². The minimum atomic E-state index is 0.329. The first-order chi connectivity index (χ1) is 10.4. The SMILES string of the molecule is c1cc2cn[nH]c2cc1CNCC1CN(C2CC2)CCO1. The van der Waals surface area contributed by atoms with Gasteiger partial charge in [0.25, 0.3) is 0 Å². The van der Waals surface area contributed by atoms with E-state index in [2.05, 4.69) is 38.6 Å². The van der Waals surface area contributed by atoms with Gasteiger partial charge in [-0.2, -0.15) is 5.10 Å². The number of rotatable bonds is 5. The number of nitrogens with zero attached hydrogens (tertiary/aromatic N) is 2. The summed E-state index contributed by atoms with van der Waals surface area (Å²) >= 11 is 0. The molecule has 1 aromatic heterocycles. The highest BCUT2D eigenvalue weighted by molar-refractivity contribution is 5.78. The van der Waals surface area contributed by atoms with Crippen LogP contribution in [0.2, 0.25) is 0 Å². The molecule has 0 amide bonds. The summed E-state index contributed by atoms with van der Waals surface area (Å²) in [5, 5.41) is 11.8. The largest absolute Gasteiger partial charge is 0.374 e. The van der Waals surface area contributed by atoms with Crippen molar-refractivity contribution < 1.29 is 4.74 Å². The monoisotopic (exact) mass is 286 g/mol. The van der Waals surface area contributed by atoms with E-state index in [-0.39, 0.29) is 0 Å².